The average Bonchev–Trinajstić information content (AvgIpc) is 2.41. The fourth-order valence-electron chi connectivity index (χ4n) is 1.61. The van der Waals surface area contributed by atoms with E-state index in [0.29, 0.717) is 0 Å². The van der Waals surface area contributed by atoms with E-state index >= 15 is 0 Å². The zero-order chi connectivity index (χ0) is 15.6. The second-order valence-corrected chi connectivity index (χ2v) is 4.17. The highest BCUT2D eigenvalue weighted by Gasteiger charge is 2.13. The summed E-state index contributed by atoms with van der Waals surface area (Å²) in [6.07, 6.45) is 0. The minimum Gasteiger partial charge on any atom is -0.507 e. The number of phenols is 1. The standard InChI is InChI=1S/C13H11N3O5/c1-16-11(18)5-4-9(15-16)12(19)14-7-2-3-8(13(20)21)10(17)6-7/h2-6,17H,1H3,(H,14,19)(H,20,21). The number of hydrogen-bond acceptors (Lipinski definition) is 5. The van der Waals surface area contributed by atoms with Crippen LogP contribution in [0.5, 0.6) is 5.75 Å². The van der Waals surface area contributed by atoms with Gasteiger partial charge in [0.2, 0.25) is 0 Å². The molecule has 0 radical (unpaired) electrons. The molecule has 21 heavy (non-hydrogen) atoms. The lowest BCUT2D eigenvalue weighted by molar-refractivity contribution is 0.0693. The van der Waals surface area contributed by atoms with Gasteiger partial charge in [0.05, 0.1) is 0 Å². The number of anilines is 1. The van der Waals surface area contributed by atoms with Crippen molar-refractivity contribution < 1.29 is 19.8 Å². The molecule has 2 aromatic rings. The van der Waals surface area contributed by atoms with Crippen molar-refractivity contribution in [3.05, 3.63) is 51.9 Å². The molecule has 1 aromatic heterocycles. The summed E-state index contributed by atoms with van der Waals surface area (Å²) in [5, 5.41) is 24.5. The number of rotatable bonds is 3. The van der Waals surface area contributed by atoms with E-state index in [2.05, 4.69) is 10.4 Å². The summed E-state index contributed by atoms with van der Waals surface area (Å²) < 4.78 is 1.01. The number of carbonyl (C=O) groups is 2. The SMILES string of the molecule is Cn1nc(C(=O)Nc2ccc(C(=O)O)c(O)c2)ccc1=O. The van der Waals surface area contributed by atoms with Gasteiger partial charge in [-0.2, -0.15) is 5.10 Å². The molecule has 0 unspecified atom stereocenters. The van der Waals surface area contributed by atoms with Crippen molar-refractivity contribution in [1.29, 1.82) is 0 Å². The summed E-state index contributed by atoms with van der Waals surface area (Å²) in [5.41, 5.74) is -0.403. The Kier molecular flexibility index (Phi) is 3.70. The summed E-state index contributed by atoms with van der Waals surface area (Å²) >= 11 is 0. The lowest BCUT2D eigenvalue weighted by atomic mass is 10.2. The van der Waals surface area contributed by atoms with Crippen LogP contribution in [-0.2, 0) is 7.05 Å². The van der Waals surface area contributed by atoms with Gasteiger partial charge in [-0.3, -0.25) is 9.59 Å². The molecule has 0 saturated heterocycles. The van der Waals surface area contributed by atoms with Crippen molar-refractivity contribution in [2.45, 2.75) is 0 Å². The number of hydrogen-bond donors (Lipinski definition) is 3. The fourth-order valence-corrected chi connectivity index (χ4v) is 1.61. The Morgan fingerprint density at radius 1 is 1.24 bits per heavy atom. The van der Waals surface area contributed by atoms with Gasteiger partial charge in [-0.25, -0.2) is 9.48 Å². The van der Waals surface area contributed by atoms with E-state index in [9.17, 15) is 19.5 Å². The first-order valence-electron chi connectivity index (χ1n) is 5.80. The molecule has 0 aliphatic heterocycles. The van der Waals surface area contributed by atoms with Crippen LogP contribution in [0.25, 0.3) is 0 Å². The summed E-state index contributed by atoms with van der Waals surface area (Å²) in [7, 11) is 1.41. The molecule has 0 bridgehead atoms. The summed E-state index contributed by atoms with van der Waals surface area (Å²) in [4.78, 5) is 33.9. The Balaban J connectivity index is 2.23. The number of nitrogens with zero attached hydrogens (tertiary/aromatic N) is 2. The predicted molar refractivity (Wildman–Crippen MR) is 72.5 cm³/mol. The monoisotopic (exact) mass is 289 g/mol. The highest BCUT2D eigenvalue weighted by Crippen LogP contribution is 2.22. The number of nitrogens with one attached hydrogen (secondary N) is 1. The number of carboxylic acid groups (broad SMARTS) is 1. The third kappa shape index (κ3) is 3.06. The van der Waals surface area contributed by atoms with Crippen LogP contribution in [0.4, 0.5) is 5.69 Å². The van der Waals surface area contributed by atoms with Gasteiger partial charge in [-0.1, -0.05) is 0 Å². The Morgan fingerprint density at radius 2 is 1.95 bits per heavy atom. The van der Waals surface area contributed by atoms with Gasteiger partial charge in [0.25, 0.3) is 11.5 Å². The molecule has 8 heteroatoms. The van der Waals surface area contributed by atoms with Gasteiger partial charge >= 0.3 is 5.97 Å². The maximum Gasteiger partial charge on any atom is 0.339 e. The molecule has 1 aromatic carbocycles. The quantitative estimate of drug-likeness (QED) is 0.753. The molecule has 0 atom stereocenters. The van der Waals surface area contributed by atoms with E-state index < -0.39 is 17.6 Å². The lowest BCUT2D eigenvalue weighted by Gasteiger charge is -2.07. The zero-order valence-corrected chi connectivity index (χ0v) is 10.9. The Morgan fingerprint density at radius 3 is 2.52 bits per heavy atom. The Labute approximate surface area is 118 Å². The first kappa shape index (κ1) is 14.3. The molecule has 0 saturated carbocycles. The number of benzene rings is 1. The first-order chi connectivity index (χ1) is 9.88. The molecule has 2 rings (SSSR count). The van der Waals surface area contributed by atoms with Crippen molar-refractivity contribution in [3.63, 3.8) is 0 Å². The van der Waals surface area contributed by atoms with E-state index in [-0.39, 0.29) is 22.5 Å². The molecule has 0 spiro atoms. The molecule has 3 N–H and O–H groups in total. The van der Waals surface area contributed by atoms with Crippen molar-refractivity contribution in [3.8, 4) is 5.75 Å². The third-order valence-corrected chi connectivity index (χ3v) is 2.68. The molecule has 0 aliphatic rings. The third-order valence-electron chi connectivity index (χ3n) is 2.68. The van der Waals surface area contributed by atoms with Crippen LogP contribution in [0, 0.1) is 0 Å². The number of aromatic carboxylic acids is 1. The molecule has 1 amide bonds. The molecular formula is C13H11N3O5. The van der Waals surface area contributed by atoms with Gasteiger partial charge in [0.15, 0.2) is 0 Å². The average molecular weight is 289 g/mol. The van der Waals surface area contributed by atoms with Crippen LogP contribution in [-0.4, -0.2) is 31.9 Å². The van der Waals surface area contributed by atoms with Crippen LogP contribution in [0.15, 0.2) is 35.1 Å². The minimum atomic E-state index is -1.27. The molecular weight excluding hydrogens is 278 g/mol. The van der Waals surface area contributed by atoms with E-state index in [1.807, 2.05) is 0 Å². The van der Waals surface area contributed by atoms with Gasteiger partial charge in [-0.15, -0.1) is 0 Å². The number of aromatic hydroxyl groups is 1. The second-order valence-electron chi connectivity index (χ2n) is 4.17. The molecule has 108 valence electrons. The first-order valence-corrected chi connectivity index (χ1v) is 5.80. The van der Waals surface area contributed by atoms with Crippen LogP contribution in [0.1, 0.15) is 20.8 Å². The van der Waals surface area contributed by atoms with Crippen molar-refractivity contribution in [2.24, 2.45) is 7.05 Å². The van der Waals surface area contributed by atoms with Crippen LogP contribution < -0.4 is 10.9 Å². The Hall–Kier alpha value is -3.16. The van der Waals surface area contributed by atoms with Gasteiger partial charge in [0.1, 0.15) is 17.0 Å². The molecule has 1 heterocycles. The van der Waals surface area contributed by atoms with Crippen LogP contribution in [0.2, 0.25) is 0 Å². The van der Waals surface area contributed by atoms with E-state index in [1.165, 1.54) is 31.3 Å². The number of amides is 1. The summed E-state index contributed by atoms with van der Waals surface area (Å²) in [6, 6.07) is 6.09. The molecule has 8 nitrogen and oxygen atoms in total. The van der Waals surface area contributed by atoms with Gasteiger partial charge < -0.3 is 15.5 Å². The summed E-state index contributed by atoms with van der Waals surface area (Å²) in [5.74, 6) is -2.33. The van der Waals surface area contributed by atoms with Gasteiger partial charge in [0, 0.05) is 24.9 Å². The number of aryl methyl sites for hydroxylation is 1. The molecule has 0 aliphatic carbocycles. The van der Waals surface area contributed by atoms with E-state index in [0.717, 1.165) is 10.7 Å². The number of carboxylic acids is 1. The maximum absolute atomic E-state index is 11.9. The highest BCUT2D eigenvalue weighted by atomic mass is 16.4. The number of carbonyl (C=O) groups excluding carboxylic acids is 1. The largest absolute Gasteiger partial charge is 0.507 e. The highest BCUT2D eigenvalue weighted by molar-refractivity contribution is 6.03. The van der Waals surface area contributed by atoms with Crippen LogP contribution in [0.3, 0.4) is 0 Å². The van der Waals surface area contributed by atoms with Gasteiger partial charge in [-0.05, 0) is 18.2 Å². The predicted octanol–water partition coefficient (Wildman–Crippen LogP) is 0.436. The molecule has 0 fully saturated rings. The Bertz CT molecular complexity index is 782. The lowest BCUT2D eigenvalue weighted by Crippen LogP contribution is -2.23. The van der Waals surface area contributed by atoms with E-state index in [1.54, 1.807) is 0 Å². The van der Waals surface area contributed by atoms with E-state index in [4.69, 9.17) is 5.11 Å². The second kappa shape index (κ2) is 5.45. The summed E-state index contributed by atoms with van der Waals surface area (Å²) in [6.45, 7) is 0. The number of aromatic nitrogens is 2. The minimum absolute atomic E-state index is 0.0129. The topological polar surface area (TPSA) is 122 Å². The normalized spacial score (nSPS) is 10.1. The van der Waals surface area contributed by atoms with Crippen molar-refractivity contribution >= 4 is 17.6 Å². The zero-order valence-electron chi connectivity index (χ0n) is 10.9. The van der Waals surface area contributed by atoms with Crippen LogP contribution >= 0.6 is 0 Å². The van der Waals surface area contributed by atoms with Crippen molar-refractivity contribution in [1.82, 2.24) is 9.78 Å². The maximum atomic E-state index is 11.9. The van der Waals surface area contributed by atoms with Crippen molar-refractivity contribution in [2.75, 3.05) is 5.32 Å². The fraction of sp³-hybridized carbons (Fsp3) is 0.0769. The smallest absolute Gasteiger partial charge is 0.339 e.